The smallest absolute Gasteiger partial charge is 0.410 e. The highest BCUT2D eigenvalue weighted by molar-refractivity contribution is 5.95. The van der Waals surface area contributed by atoms with Gasteiger partial charge in [0.05, 0.1) is 0 Å². The lowest BCUT2D eigenvalue weighted by Gasteiger charge is -2.29. The Balaban J connectivity index is 1.38. The van der Waals surface area contributed by atoms with E-state index in [0.29, 0.717) is 47.6 Å². The lowest BCUT2D eigenvalue weighted by atomic mass is 10.0. The van der Waals surface area contributed by atoms with Crippen molar-refractivity contribution in [2.75, 3.05) is 13.1 Å². The van der Waals surface area contributed by atoms with Crippen molar-refractivity contribution in [3.63, 3.8) is 0 Å². The predicted molar refractivity (Wildman–Crippen MR) is 143 cm³/mol. The molecule has 8 heteroatoms. The number of carbonyl (C=O) groups is 1. The van der Waals surface area contributed by atoms with Crippen LogP contribution in [0.3, 0.4) is 0 Å². The molecule has 5 rings (SSSR count). The van der Waals surface area contributed by atoms with Gasteiger partial charge in [0.25, 0.3) is 0 Å². The number of aromatic nitrogens is 2. The number of carbonyl (C=O) groups excluding carboxylic acids is 1. The molecule has 1 aliphatic rings. The molecule has 2 aromatic carbocycles. The second-order valence-corrected chi connectivity index (χ2v) is 10.3. The summed E-state index contributed by atoms with van der Waals surface area (Å²) in [6.07, 6.45) is 3.96. The fourth-order valence-electron chi connectivity index (χ4n) is 4.43. The van der Waals surface area contributed by atoms with Gasteiger partial charge >= 0.3 is 6.09 Å². The van der Waals surface area contributed by atoms with Crippen LogP contribution in [0.2, 0.25) is 0 Å². The lowest BCUT2D eigenvalue weighted by Crippen LogP contribution is -2.39. The zero-order valence-electron chi connectivity index (χ0n) is 21.6. The molecule has 196 valence electrons. The van der Waals surface area contributed by atoms with Gasteiger partial charge in [0.1, 0.15) is 35.2 Å². The molecule has 0 aliphatic carbocycles. The molecule has 1 amide bonds. The number of ether oxygens (including phenoxy) is 2. The Labute approximate surface area is 219 Å². The van der Waals surface area contributed by atoms with Crippen molar-refractivity contribution in [2.24, 2.45) is 0 Å². The first-order valence-electron chi connectivity index (χ1n) is 12.5. The Kier molecular flexibility index (Phi) is 6.89. The van der Waals surface area contributed by atoms with Crippen molar-refractivity contribution in [2.45, 2.75) is 39.4 Å². The quantitative estimate of drug-likeness (QED) is 0.306. The fraction of sp³-hybridized carbons (Fsp3) is 0.267. The number of nitrogens with zero attached hydrogens (tertiary/aromatic N) is 2. The van der Waals surface area contributed by atoms with Crippen LogP contribution in [-0.2, 0) is 11.3 Å². The zero-order valence-corrected chi connectivity index (χ0v) is 21.6. The maximum Gasteiger partial charge on any atom is 0.410 e. The number of pyridine rings is 1. The number of hydrogen-bond acceptors (Lipinski definition) is 4. The molecular formula is C30H29F2N3O3. The van der Waals surface area contributed by atoms with E-state index in [9.17, 15) is 9.18 Å². The van der Waals surface area contributed by atoms with Crippen LogP contribution in [0.4, 0.5) is 13.6 Å². The number of aromatic amines is 1. The zero-order chi connectivity index (χ0) is 26.9. The van der Waals surface area contributed by atoms with Crippen LogP contribution < -0.4 is 4.74 Å². The molecule has 0 atom stereocenters. The van der Waals surface area contributed by atoms with Crippen molar-refractivity contribution in [1.82, 2.24) is 14.9 Å². The second-order valence-electron chi connectivity index (χ2n) is 10.3. The number of halogens is 2. The van der Waals surface area contributed by atoms with Crippen molar-refractivity contribution < 1.29 is 23.0 Å². The standard InChI is InChI=1S/C30H29F2N3O3/c1-30(2,3)38-29(36)35-13-10-20(11-14-35)27-17-25-23(9-12-33-28(25)34-27)24-16-22(7-8-26(24)32)37-18-19-5-4-6-21(31)15-19/h4-10,12,15-17H,11,13-14,18H2,1-3H3,(H,33,34). The minimum absolute atomic E-state index is 0.164. The third-order valence-electron chi connectivity index (χ3n) is 6.26. The largest absolute Gasteiger partial charge is 0.489 e. The van der Waals surface area contributed by atoms with E-state index in [0.717, 1.165) is 16.7 Å². The molecule has 4 aromatic rings. The van der Waals surface area contributed by atoms with Gasteiger partial charge < -0.3 is 19.4 Å². The number of rotatable bonds is 5. The maximum atomic E-state index is 15.0. The molecule has 0 saturated heterocycles. The van der Waals surface area contributed by atoms with Crippen LogP contribution in [0.15, 0.2) is 66.9 Å². The average molecular weight is 518 g/mol. The summed E-state index contributed by atoms with van der Waals surface area (Å²) in [6, 6.07) is 14.5. The number of hydrogen-bond donors (Lipinski definition) is 1. The summed E-state index contributed by atoms with van der Waals surface area (Å²) >= 11 is 0. The van der Waals surface area contributed by atoms with Crippen LogP contribution in [-0.4, -0.2) is 39.7 Å². The topological polar surface area (TPSA) is 67.4 Å². The molecule has 2 aromatic heterocycles. The van der Waals surface area contributed by atoms with Gasteiger partial charge in [-0.15, -0.1) is 0 Å². The van der Waals surface area contributed by atoms with E-state index in [1.54, 1.807) is 41.4 Å². The van der Waals surface area contributed by atoms with Gasteiger partial charge in [0.2, 0.25) is 0 Å². The first kappa shape index (κ1) is 25.4. The summed E-state index contributed by atoms with van der Waals surface area (Å²) in [5.74, 6) is -0.245. The molecule has 0 bridgehead atoms. The third kappa shape index (κ3) is 5.69. The van der Waals surface area contributed by atoms with Crippen LogP contribution in [0.25, 0.3) is 27.7 Å². The highest BCUT2D eigenvalue weighted by Gasteiger charge is 2.24. The number of fused-ring (bicyclic) bond motifs is 1. The maximum absolute atomic E-state index is 15.0. The minimum Gasteiger partial charge on any atom is -0.489 e. The fourth-order valence-corrected chi connectivity index (χ4v) is 4.43. The van der Waals surface area contributed by atoms with Crippen molar-refractivity contribution in [3.8, 4) is 16.9 Å². The summed E-state index contributed by atoms with van der Waals surface area (Å²) in [7, 11) is 0. The van der Waals surface area contributed by atoms with E-state index in [1.165, 1.54) is 18.2 Å². The molecule has 1 aliphatic heterocycles. The average Bonchev–Trinajstić information content (AvgIpc) is 3.32. The first-order chi connectivity index (χ1) is 18.2. The van der Waals surface area contributed by atoms with Crippen LogP contribution >= 0.6 is 0 Å². The number of benzene rings is 2. The summed E-state index contributed by atoms with van der Waals surface area (Å²) in [5, 5.41) is 0.777. The molecule has 0 radical (unpaired) electrons. The highest BCUT2D eigenvalue weighted by atomic mass is 19.1. The summed E-state index contributed by atoms with van der Waals surface area (Å²) < 4.78 is 39.8. The summed E-state index contributed by atoms with van der Waals surface area (Å²) in [5.41, 5.74) is 3.77. The summed E-state index contributed by atoms with van der Waals surface area (Å²) in [6.45, 7) is 6.69. The number of H-pyrrole nitrogens is 1. The van der Waals surface area contributed by atoms with E-state index in [2.05, 4.69) is 9.97 Å². The van der Waals surface area contributed by atoms with Gasteiger partial charge in [-0.25, -0.2) is 18.6 Å². The van der Waals surface area contributed by atoms with E-state index >= 15 is 4.39 Å². The Morgan fingerprint density at radius 3 is 2.66 bits per heavy atom. The van der Waals surface area contributed by atoms with Crippen molar-refractivity contribution >= 4 is 22.7 Å². The molecule has 1 N–H and O–H groups in total. The van der Waals surface area contributed by atoms with Crippen LogP contribution in [0, 0.1) is 11.6 Å². The molecule has 3 heterocycles. The molecule has 0 spiro atoms. The van der Waals surface area contributed by atoms with Crippen molar-refractivity contribution in [3.05, 3.63) is 89.8 Å². The molecular weight excluding hydrogens is 488 g/mol. The van der Waals surface area contributed by atoms with Gasteiger partial charge in [0.15, 0.2) is 0 Å². The summed E-state index contributed by atoms with van der Waals surface area (Å²) in [4.78, 5) is 21.9. The Morgan fingerprint density at radius 2 is 1.92 bits per heavy atom. The van der Waals surface area contributed by atoms with Crippen LogP contribution in [0.5, 0.6) is 5.75 Å². The van der Waals surface area contributed by atoms with Gasteiger partial charge in [-0.1, -0.05) is 18.2 Å². The number of amides is 1. The lowest BCUT2D eigenvalue weighted by molar-refractivity contribution is 0.0270. The number of nitrogens with one attached hydrogen (secondary N) is 1. The SMILES string of the molecule is CC(C)(C)OC(=O)N1CC=C(c2cc3c(-c4cc(OCc5cccc(F)c5)ccc4F)ccnc3[nH]2)CC1. The minimum atomic E-state index is -0.544. The molecule has 0 fully saturated rings. The Morgan fingerprint density at radius 1 is 1.08 bits per heavy atom. The van der Waals surface area contributed by atoms with E-state index in [-0.39, 0.29) is 24.3 Å². The third-order valence-corrected chi connectivity index (χ3v) is 6.26. The predicted octanol–water partition coefficient (Wildman–Crippen LogP) is 7.11. The van der Waals surface area contributed by atoms with Gasteiger partial charge in [0, 0.05) is 35.9 Å². The van der Waals surface area contributed by atoms with Crippen molar-refractivity contribution in [1.29, 1.82) is 0 Å². The van der Waals surface area contributed by atoms with E-state index in [1.807, 2.05) is 32.9 Å². The van der Waals surface area contributed by atoms with Gasteiger partial charge in [-0.05, 0) is 86.4 Å². The molecule has 0 saturated carbocycles. The second kappa shape index (κ2) is 10.3. The molecule has 0 unspecified atom stereocenters. The Hall–Kier alpha value is -4.20. The molecule has 38 heavy (non-hydrogen) atoms. The van der Waals surface area contributed by atoms with E-state index < -0.39 is 5.60 Å². The highest BCUT2D eigenvalue weighted by Crippen LogP contribution is 2.34. The van der Waals surface area contributed by atoms with Gasteiger partial charge in [-0.2, -0.15) is 0 Å². The van der Waals surface area contributed by atoms with E-state index in [4.69, 9.17) is 9.47 Å². The Bertz CT molecular complexity index is 1520. The van der Waals surface area contributed by atoms with Gasteiger partial charge in [-0.3, -0.25) is 0 Å². The monoisotopic (exact) mass is 517 g/mol. The van der Waals surface area contributed by atoms with Crippen LogP contribution in [0.1, 0.15) is 38.4 Å². The molecule has 6 nitrogen and oxygen atoms in total. The first-order valence-corrected chi connectivity index (χ1v) is 12.5. The normalized spacial score (nSPS) is 13.9.